The summed E-state index contributed by atoms with van der Waals surface area (Å²) in [5.41, 5.74) is 3.27. The fraction of sp³-hybridized carbons (Fsp3) is 0.143. The zero-order chi connectivity index (χ0) is 19.7. The summed E-state index contributed by atoms with van der Waals surface area (Å²) in [5.74, 6) is 1.29. The van der Waals surface area contributed by atoms with Gasteiger partial charge in [-0.05, 0) is 42.8 Å². The Bertz CT molecular complexity index is 1110. The smallest absolute Gasteiger partial charge is 0.187 e. The van der Waals surface area contributed by atoms with Crippen LogP contribution in [0.3, 0.4) is 0 Å². The zero-order valence-corrected chi connectivity index (χ0v) is 16.8. The van der Waals surface area contributed by atoms with Gasteiger partial charge < -0.3 is 14.2 Å². The van der Waals surface area contributed by atoms with Crippen molar-refractivity contribution in [3.8, 4) is 5.75 Å². The minimum Gasteiger partial charge on any atom is -0.488 e. The summed E-state index contributed by atoms with van der Waals surface area (Å²) in [6, 6.07) is 13.0. The average Bonchev–Trinajstić information content (AvgIpc) is 3.15. The summed E-state index contributed by atoms with van der Waals surface area (Å²) >= 11 is 12.5. The Labute approximate surface area is 172 Å². The van der Waals surface area contributed by atoms with Gasteiger partial charge in [-0.15, -0.1) is 0 Å². The lowest BCUT2D eigenvalue weighted by atomic mass is 10.1. The summed E-state index contributed by atoms with van der Waals surface area (Å²) in [7, 11) is 1.91. The molecular formula is C21H17Cl2N3O2. The summed E-state index contributed by atoms with van der Waals surface area (Å²) < 4.78 is 11.7. The Balaban J connectivity index is 1.75. The lowest BCUT2D eigenvalue weighted by molar-refractivity contribution is 0.310. The Morgan fingerprint density at radius 3 is 2.57 bits per heavy atom. The van der Waals surface area contributed by atoms with E-state index in [-0.39, 0.29) is 6.61 Å². The molecule has 4 rings (SSSR count). The van der Waals surface area contributed by atoms with E-state index in [1.807, 2.05) is 43.1 Å². The second kappa shape index (κ2) is 7.70. The van der Waals surface area contributed by atoms with Crippen molar-refractivity contribution in [1.29, 1.82) is 0 Å². The molecule has 0 N–H and O–H groups in total. The van der Waals surface area contributed by atoms with E-state index < -0.39 is 0 Å². The maximum absolute atomic E-state index is 6.27. The molecule has 0 atom stereocenters. The molecule has 142 valence electrons. The highest BCUT2D eigenvalue weighted by atomic mass is 35.5. The SMILES string of the molecule is Cc1ccc(OCc2c(Cl)cccc2Cl)c2c(N(C)c3cccnc3)noc12. The monoisotopic (exact) mass is 413 g/mol. The van der Waals surface area contributed by atoms with E-state index in [2.05, 4.69) is 10.1 Å². The molecule has 0 radical (unpaired) electrons. The second-order valence-electron chi connectivity index (χ2n) is 6.35. The first kappa shape index (κ1) is 18.6. The molecule has 0 fully saturated rings. The van der Waals surface area contributed by atoms with Gasteiger partial charge in [0.2, 0.25) is 0 Å². The van der Waals surface area contributed by atoms with Gasteiger partial charge in [0.05, 0.1) is 11.9 Å². The number of nitrogens with zero attached hydrogens (tertiary/aromatic N) is 3. The van der Waals surface area contributed by atoms with Crippen LogP contribution in [0.15, 0.2) is 59.4 Å². The molecule has 7 heteroatoms. The van der Waals surface area contributed by atoms with E-state index >= 15 is 0 Å². The Morgan fingerprint density at radius 1 is 1.07 bits per heavy atom. The van der Waals surface area contributed by atoms with E-state index in [0.29, 0.717) is 27.2 Å². The number of halogens is 2. The molecule has 2 aromatic heterocycles. The van der Waals surface area contributed by atoms with Crippen molar-refractivity contribution in [2.24, 2.45) is 0 Å². The lowest BCUT2D eigenvalue weighted by Crippen LogP contribution is -2.10. The normalized spacial score (nSPS) is 11.0. The molecule has 0 saturated heterocycles. The number of hydrogen-bond acceptors (Lipinski definition) is 5. The van der Waals surface area contributed by atoms with Crippen LogP contribution in [0, 0.1) is 6.92 Å². The van der Waals surface area contributed by atoms with E-state index in [1.54, 1.807) is 30.6 Å². The predicted molar refractivity (Wildman–Crippen MR) is 112 cm³/mol. The van der Waals surface area contributed by atoms with Gasteiger partial charge in [0.15, 0.2) is 11.4 Å². The molecule has 0 spiro atoms. The molecule has 0 amide bonds. The molecule has 28 heavy (non-hydrogen) atoms. The quantitative estimate of drug-likeness (QED) is 0.390. The van der Waals surface area contributed by atoms with Gasteiger partial charge in [-0.2, -0.15) is 0 Å². The molecule has 0 saturated carbocycles. The largest absolute Gasteiger partial charge is 0.488 e. The number of hydrogen-bond donors (Lipinski definition) is 0. The molecule has 5 nitrogen and oxygen atoms in total. The van der Waals surface area contributed by atoms with E-state index in [9.17, 15) is 0 Å². The van der Waals surface area contributed by atoms with Crippen molar-refractivity contribution in [3.63, 3.8) is 0 Å². The second-order valence-corrected chi connectivity index (χ2v) is 7.16. The molecule has 0 aliphatic rings. The van der Waals surface area contributed by atoms with Gasteiger partial charge >= 0.3 is 0 Å². The first-order chi connectivity index (χ1) is 13.6. The molecule has 0 aliphatic heterocycles. The summed E-state index contributed by atoms with van der Waals surface area (Å²) in [5, 5.41) is 6.19. The van der Waals surface area contributed by atoms with Gasteiger partial charge in [0.25, 0.3) is 0 Å². The van der Waals surface area contributed by atoms with Gasteiger partial charge in [-0.3, -0.25) is 4.98 Å². The van der Waals surface area contributed by atoms with Crippen molar-refractivity contribution in [1.82, 2.24) is 10.1 Å². The van der Waals surface area contributed by atoms with Crippen molar-refractivity contribution >= 4 is 45.7 Å². The lowest BCUT2D eigenvalue weighted by Gasteiger charge is -2.17. The number of aryl methyl sites for hydroxylation is 1. The first-order valence-electron chi connectivity index (χ1n) is 8.64. The average molecular weight is 414 g/mol. The summed E-state index contributed by atoms with van der Waals surface area (Å²) in [6.45, 7) is 2.20. The molecule has 2 aromatic carbocycles. The van der Waals surface area contributed by atoms with E-state index in [1.165, 1.54) is 0 Å². The van der Waals surface area contributed by atoms with Gasteiger partial charge in [0.1, 0.15) is 17.7 Å². The summed E-state index contributed by atoms with van der Waals surface area (Å²) in [6.07, 6.45) is 3.49. The van der Waals surface area contributed by atoms with Crippen LogP contribution in [0.4, 0.5) is 11.5 Å². The minimum absolute atomic E-state index is 0.234. The van der Waals surface area contributed by atoms with Gasteiger partial charge in [-0.1, -0.05) is 40.5 Å². The van der Waals surface area contributed by atoms with Crippen molar-refractivity contribution < 1.29 is 9.26 Å². The number of fused-ring (bicyclic) bond motifs is 1. The fourth-order valence-electron chi connectivity index (χ4n) is 2.98. The Kier molecular flexibility index (Phi) is 5.11. The number of benzene rings is 2. The number of anilines is 2. The highest BCUT2D eigenvalue weighted by Gasteiger charge is 2.20. The standard InChI is InChI=1S/C21H17Cl2N3O2/c1-13-8-9-18(27-12-15-16(22)6-3-7-17(15)23)19-20(13)28-25-21(19)26(2)14-5-4-10-24-11-14/h3-11H,12H2,1-2H3. The Morgan fingerprint density at radius 2 is 1.86 bits per heavy atom. The van der Waals surface area contributed by atoms with Crippen LogP contribution in [-0.2, 0) is 6.61 Å². The van der Waals surface area contributed by atoms with Crippen LogP contribution in [-0.4, -0.2) is 17.2 Å². The van der Waals surface area contributed by atoms with Crippen molar-refractivity contribution in [2.75, 3.05) is 11.9 Å². The minimum atomic E-state index is 0.234. The number of ether oxygens (including phenoxy) is 1. The third kappa shape index (κ3) is 3.39. The van der Waals surface area contributed by atoms with Gasteiger partial charge in [0, 0.05) is 28.9 Å². The molecule has 0 unspecified atom stereocenters. The van der Waals surface area contributed by atoms with Crippen LogP contribution in [0.1, 0.15) is 11.1 Å². The van der Waals surface area contributed by atoms with E-state index in [4.69, 9.17) is 32.5 Å². The number of aromatic nitrogens is 2. The zero-order valence-electron chi connectivity index (χ0n) is 15.3. The molecule has 0 bridgehead atoms. The molecule has 2 heterocycles. The number of rotatable bonds is 5. The van der Waals surface area contributed by atoms with Crippen LogP contribution in [0.25, 0.3) is 11.0 Å². The molecule has 0 aliphatic carbocycles. The summed E-state index contributed by atoms with van der Waals surface area (Å²) in [4.78, 5) is 6.08. The third-order valence-corrected chi connectivity index (χ3v) is 5.26. The fourth-order valence-corrected chi connectivity index (χ4v) is 3.48. The van der Waals surface area contributed by atoms with Gasteiger partial charge in [-0.25, -0.2) is 0 Å². The maximum Gasteiger partial charge on any atom is 0.187 e. The third-order valence-electron chi connectivity index (χ3n) is 4.55. The maximum atomic E-state index is 6.27. The van der Waals surface area contributed by atoms with E-state index in [0.717, 1.165) is 22.2 Å². The van der Waals surface area contributed by atoms with Crippen molar-refractivity contribution in [3.05, 3.63) is 76.0 Å². The highest BCUT2D eigenvalue weighted by molar-refractivity contribution is 6.35. The number of pyridine rings is 1. The Hall–Kier alpha value is -2.76. The predicted octanol–water partition coefficient (Wildman–Crippen LogP) is 6.18. The first-order valence-corrected chi connectivity index (χ1v) is 9.40. The molecule has 4 aromatic rings. The highest BCUT2D eigenvalue weighted by Crippen LogP contribution is 2.38. The van der Waals surface area contributed by atoms with Crippen LogP contribution < -0.4 is 9.64 Å². The topological polar surface area (TPSA) is 51.4 Å². The van der Waals surface area contributed by atoms with Crippen LogP contribution >= 0.6 is 23.2 Å². The molecular weight excluding hydrogens is 397 g/mol. The van der Waals surface area contributed by atoms with Crippen LogP contribution in [0.2, 0.25) is 10.0 Å². The van der Waals surface area contributed by atoms with Crippen LogP contribution in [0.5, 0.6) is 5.75 Å². The van der Waals surface area contributed by atoms with Crippen molar-refractivity contribution in [2.45, 2.75) is 13.5 Å².